The van der Waals surface area contributed by atoms with Crippen molar-refractivity contribution in [3.63, 3.8) is 0 Å². The lowest BCUT2D eigenvalue weighted by Crippen LogP contribution is -2.49. The van der Waals surface area contributed by atoms with Gasteiger partial charge in [-0.15, -0.1) is 0 Å². The first-order valence-electron chi connectivity index (χ1n) is 6.56. The SMILES string of the molecule is O=[S+]1(O)C[C@H](O)[C@@H](N(CCO)C(=S)Nc2ccccc2)C1. The Morgan fingerprint density at radius 1 is 1.38 bits per heavy atom. The van der Waals surface area contributed by atoms with E-state index in [1.54, 1.807) is 4.90 Å². The fourth-order valence-electron chi connectivity index (χ4n) is 2.36. The number of thiocarbonyl (C=S) groups is 1. The summed E-state index contributed by atoms with van der Waals surface area (Å²) in [6.45, 7) is 0.0301. The van der Waals surface area contributed by atoms with Gasteiger partial charge in [0, 0.05) is 12.2 Å². The highest BCUT2D eigenvalue weighted by atomic mass is 32.3. The van der Waals surface area contributed by atoms with Gasteiger partial charge in [0.1, 0.15) is 12.1 Å². The highest BCUT2D eigenvalue weighted by molar-refractivity contribution is 7.98. The van der Waals surface area contributed by atoms with Gasteiger partial charge in [-0.25, -0.2) is 0 Å². The molecule has 1 fully saturated rings. The zero-order chi connectivity index (χ0) is 15.5. The largest absolute Gasteiger partial charge is 0.395 e. The molecule has 1 saturated heterocycles. The number of hydrogen-bond donors (Lipinski definition) is 4. The first kappa shape index (κ1) is 16.3. The minimum absolute atomic E-state index is 0.0508. The lowest BCUT2D eigenvalue weighted by Gasteiger charge is -2.30. The molecular weight excluding hydrogens is 312 g/mol. The summed E-state index contributed by atoms with van der Waals surface area (Å²) in [4.78, 5) is 1.58. The van der Waals surface area contributed by atoms with Crippen LogP contribution in [0.3, 0.4) is 0 Å². The number of aliphatic hydroxyl groups is 2. The minimum Gasteiger partial charge on any atom is -0.395 e. The van der Waals surface area contributed by atoms with Crippen molar-refractivity contribution in [2.75, 3.05) is 30.0 Å². The zero-order valence-corrected chi connectivity index (χ0v) is 13.0. The van der Waals surface area contributed by atoms with E-state index in [-0.39, 0.29) is 24.7 Å². The fourth-order valence-corrected chi connectivity index (χ4v) is 4.54. The van der Waals surface area contributed by atoms with Crippen molar-refractivity contribution in [2.45, 2.75) is 12.1 Å². The second kappa shape index (κ2) is 6.80. The van der Waals surface area contributed by atoms with Crippen LogP contribution in [0, 0.1) is 0 Å². The van der Waals surface area contributed by atoms with E-state index in [2.05, 4.69) is 5.32 Å². The van der Waals surface area contributed by atoms with E-state index < -0.39 is 22.4 Å². The Morgan fingerprint density at radius 2 is 2.05 bits per heavy atom. The normalized spacial score (nSPS) is 28.3. The summed E-state index contributed by atoms with van der Waals surface area (Å²) in [5.41, 5.74) is 0.780. The maximum Gasteiger partial charge on any atom is 0.219 e. The van der Waals surface area contributed by atoms with Crippen LogP contribution in [0.25, 0.3) is 0 Å². The van der Waals surface area contributed by atoms with Crippen molar-refractivity contribution in [3.8, 4) is 0 Å². The fraction of sp³-hybridized carbons (Fsp3) is 0.462. The van der Waals surface area contributed by atoms with Crippen LogP contribution >= 0.6 is 12.2 Å². The molecule has 1 aliphatic rings. The van der Waals surface area contributed by atoms with Gasteiger partial charge in [-0.2, -0.15) is 4.55 Å². The molecule has 0 spiro atoms. The number of nitrogens with one attached hydrogen (secondary N) is 1. The lowest BCUT2D eigenvalue weighted by atomic mass is 10.2. The maximum atomic E-state index is 11.7. The van der Waals surface area contributed by atoms with E-state index in [1.807, 2.05) is 30.3 Å². The number of nitrogens with zero attached hydrogens (tertiary/aromatic N) is 1. The number of para-hydroxylation sites is 1. The molecule has 1 heterocycles. The molecule has 1 aliphatic heterocycles. The van der Waals surface area contributed by atoms with Gasteiger partial charge < -0.3 is 20.4 Å². The molecule has 0 radical (unpaired) electrons. The average Bonchev–Trinajstić information content (AvgIpc) is 2.70. The number of anilines is 1. The number of aliphatic hydroxyl groups excluding tert-OH is 2. The molecule has 0 aromatic heterocycles. The summed E-state index contributed by atoms with van der Waals surface area (Å²) in [7, 11) is -3.03. The average molecular weight is 331 g/mol. The summed E-state index contributed by atoms with van der Waals surface area (Å²) in [6.07, 6.45) is -0.940. The third-order valence-corrected chi connectivity index (χ3v) is 5.40. The van der Waals surface area contributed by atoms with E-state index >= 15 is 0 Å². The third-order valence-electron chi connectivity index (χ3n) is 3.33. The molecular formula is C13H19N2O4S2+. The van der Waals surface area contributed by atoms with Crippen LogP contribution in [0.2, 0.25) is 0 Å². The summed E-state index contributed by atoms with van der Waals surface area (Å²) >= 11 is 5.31. The van der Waals surface area contributed by atoms with Crippen molar-refractivity contribution >= 4 is 33.2 Å². The van der Waals surface area contributed by atoms with Crippen LogP contribution < -0.4 is 5.32 Å². The van der Waals surface area contributed by atoms with Gasteiger partial charge in [0.15, 0.2) is 16.6 Å². The molecule has 3 atom stereocenters. The van der Waals surface area contributed by atoms with Crippen LogP contribution in [0.1, 0.15) is 0 Å². The highest BCUT2D eigenvalue weighted by Crippen LogP contribution is 2.23. The molecule has 0 bridgehead atoms. The Balaban J connectivity index is 2.11. The molecule has 1 aromatic carbocycles. The molecule has 116 valence electrons. The van der Waals surface area contributed by atoms with E-state index in [9.17, 15) is 19.0 Å². The van der Waals surface area contributed by atoms with Crippen LogP contribution in [0.15, 0.2) is 30.3 Å². The minimum atomic E-state index is -3.03. The molecule has 1 aromatic rings. The second-order valence-electron chi connectivity index (χ2n) is 4.95. The molecule has 0 aliphatic carbocycles. The van der Waals surface area contributed by atoms with Gasteiger partial charge in [0.2, 0.25) is 10.2 Å². The molecule has 6 nitrogen and oxygen atoms in total. The van der Waals surface area contributed by atoms with E-state index in [4.69, 9.17) is 12.2 Å². The highest BCUT2D eigenvalue weighted by Gasteiger charge is 2.49. The molecule has 0 saturated carbocycles. The van der Waals surface area contributed by atoms with Gasteiger partial charge in [-0.1, -0.05) is 22.4 Å². The Hall–Kier alpha value is -1.06. The maximum absolute atomic E-state index is 11.7. The summed E-state index contributed by atoms with van der Waals surface area (Å²) in [6, 6.07) is 8.69. The first-order valence-corrected chi connectivity index (χ1v) is 8.83. The predicted octanol–water partition coefficient (Wildman–Crippen LogP) is 0.393. The van der Waals surface area contributed by atoms with Crippen molar-refractivity contribution in [2.24, 2.45) is 0 Å². The summed E-state index contributed by atoms with van der Waals surface area (Å²) < 4.78 is 21.4. The number of benzene rings is 1. The van der Waals surface area contributed by atoms with Gasteiger partial charge >= 0.3 is 0 Å². The van der Waals surface area contributed by atoms with Crippen LogP contribution in [0.5, 0.6) is 0 Å². The van der Waals surface area contributed by atoms with Crippen LogP contribution in [-0.2, 0) is 14.4 Å². The number of hydrogen-bond acceptors (Lipinski definition) is 4. The summed E-state index contributed by atoms with van der Waals surface area (Å²) in [5.74, 6) is -0.210. The van der Waals surface area contributed by atoms with Crippen molar-refractivity contribution < 1.29 is 19.0 Å². The summed E-state index contributed by atoms with van der Waals surface area (Å²) in [5, 5.41) is 22.5. The van der Waals surface area contributed by atoms with Gasteiger partial charge in [-0.05, 0) is 24.4 Å². The third kappa shape index (κ3) is 4.21. The van der Waals surface area contributed by atoms with Crippen LogP contribution in [0.4, 0.5) is 5.69 Å². The molecule has 2 rings (SSSR count). The monoisotopic (exact) mass is 331 g/mol. The second-order valence-corrected chi connectivity index (χ2v) is 7.55. The Bertz CT molecular complexity index is 540. The van der Waals surface area contributed by atoms with E-state index in [0.717, 1.165) is 5.69 Å². The van der Waals surface area contributed by atoms with Gasteiger partial charge in [0.25, 0.3) is 0 Å². The predicted molar refractivity (Wildman–Crippen MR) is 86.7 cm³/mol. The smallest absolute Gasteiger partial charge is 0.219 e. The molecule has 4 N–H and O–H groups in total. The topological polar surface area (TPSA) is 93.0 Å². The Kier molecular flexibility index (Phi) is 5.28. The van der Waals surface area contributed by atoms with Gasteiger partial charge in [-0.3, -0.25) is 0 Å². The molecule has 8 heteroatoms. The standard InChI is InChI=1S/C13H18N2O4S2/c16-7-6-15(11-8-21(18,19)9-12(11)17)13(20)14-10-4-2-1-3-5-10/h1-5,11-12,16-17H,6-9H2,(H-,14,18,19,20)/p+1/t11-,12-/m0/s1. The van der Waals surface area contributed by atoms with E-state index in [0.29, 0.717) is 5.11 Å². The molecule has 21 heavy (non-hydrogen) atoms. The molecule has 0 amide bonds. The first-order chi connectivity index (χ1) is 9.93. The van der Waals surface area contributed by atoms with Crippen molar-refractivity contribution in [1.82, 2.24) is 4.90 Å². The molecule has 1 unspecified atom stereocenters. The number of rotatable bonds is 4. The Morgan fingerprint density at radius 3 is 2.57 bits per heavy atom. The van der Waals surface area contributed by atoms with Gasteiger partial charge in [0.05, 0.1) is 6.61 Å². The quantitative estimate of drug-likeness (QED) is 0.468. The Labute approximate surface area is 130 Å². The van der Waals surface area contributed by atoms with Crippen molar-refractivity contribution in [3.05, 3.63) is 30.3 Å². The van der Waals surface area contributed by atoms with Crippen molar-refractivity contribution in [1.29, 1.82) is 0 Å². The van der Waals surface area contributed by atoms with E-state index in [1.165, 1.54) is 0 Å². The zero-order valence-electron chi connectivity index (χ0n) is 11.4. The van der Waals surface area contributed by atoms with Crippen LogP contribution in [-0.4, -0.2) is 61.6 Å². The lowest BCUT2D eigenvalue weighted by molar-refractivity contribution is 0.112.